The number of thioether (sulfide) groups is 1. The molecule has 0 aliphatic carbocycles. The van der Waals surface area contributed by atoms with Crippen LogP contribution in [0.5, 0.6) is 0 Å². The van der Waals surface area contributed by atoms with Gasteiger partial charge in [0.1, 0.15) is 0 Å². The number of halogens is 1. The predicted molar refractivity (Wildman–Crippen MR) is 170 cm³/mol. The first kappa shape index (κ1) is 30.8. The molecule has 0 radical (unpaired) electrons. The summed E-state index contributed by atoms with van der Waals surface area (Å²) in [6.45, 7) is 7.59. The number of aromatic nitrogens is 1. The number of rotatable bonds is 12. The van der Waals surface area contributed by atoms with Crippen molar-refractivity contribution in [1.82, 2.24) is 4.98 Å². The molecule has 41 heavy (non-hydrogen) atoms. The van der Waals surface area contributed by atoms with Crippen molar-refractivity contribution in [3.05, 3.63) is 112 Å². The molecule has 0 bridgehead atoms. The largest absolute Gasteiger partial charge is 0.550 e. The SMILES string of the molecule is CC(C)(CC[C@@H](SCc1ccccc1C(C)(C)O)c1cccc(/C=C/c2ccc3ccc(Cl)cc3n2)c1)CC(=O)[O-]. The van der Waals surface area contributed by atoms with E-state index in [4.69, 9.17) is 16.6 Å². The molecule has 0 aliphatic heterocycles. The summed E-state index contributed by atoms with van der Waals surface area (Å²) in [6.07, 6.45) is 5.65. The Morgan fingerprint density at radius 3 is 2.51 bits per heavy atom. The highest BCUT2D eigenvalue weighted by molar-refractivity contribution is 7.98. The molecule has 4 rings (SSSR count). The fourth-order valence-electron chi connectivity index (χ4n) is 5.02. The lowest BCUT2D eigenvalue weighted by Crippen LogP contribution is -2.29. The van der Waals surface area contributed by atoms with Gasteiger partial charge in [-0.2, -0.15) is 0 Å². The van der Waals surface area contributed by atoms with Crippen LogP contribution in [-0.2, 0) is 16.1 Å². The number of aliphatic carboxylic acids is 1. The van der Waals surface area contributed by atoms with E-state index in [1.165, 1.54) is 5.56 Å². The normalized spacial score (nSPS) is 13.1. The molecule has 1 N–H and O–H groups in total. The van der Waals surface area contributed by atoms with Gasteiger partial charge in [-0.1, -0.05) is 92.2 Å². The van der Waals surface area contributed by atoms with Gasteiger partial charge in [0.2, 0.25) is 0 Å². The third-order valence-electron chi connectivity index (χ3n) is 7.23. The Morgan fingerprint density at radius 1 is 1.00 bits per heavy atom. The van der Waals surface area contributed by atoms with E-state index >= 15 is 0 Å². The summed E-state index contributed by atoms with van der Waals surface area (Å²) in [4.78, 5) is 16.1. The maximum Gasteiger partial charge on any atom is 0.0843 e. The molecular formula is C35H37ClNO3S-. The molecule has 214 valence electrons. The fraction of sp³-hybridized carbons (Fsp3) is 0.314. The number of nitrogens with zero attached hydrogens (tertiary/aromatic N) is 1. The minimum absolute atomic E-state index is 0.0265. The number of carboxylic acids is 1. The van der Waals surface area contributed by atoms with E-state index in [1.54, 1.807) is 0 Å². The number of benzene rings is 3. The van der Waals surface area contributed by atoms with E-state index in [0.717, 1.165) is 51.9 Å². The van der Waals surface area contributed by atoms with Crippen LogP contribution >= 0.6 is 23.4 Å². The number of carbonyl (C=O) groups excluding carboxylic acids is 1. The predicted octanol–water partition coefficient (Wildman–Crippen LogP) is 8.21. The summed E-state index contributed by atoms with van der Waals surface area (Å²) in [5.74, 6) is -0.287. The minimum atomic E-state index is -1.02. The second kappa shape index (κ2) is 13.2. The topological polar surface area (TPSA) is 73.2 Å². The zero-order chi connectivity index (χ0) is 29.6. The molecule has 4 aromatic rings. The zero-order valence-corrected chi connectivity index (χ0v) is 25.6. The summed E-state index contributed by atoms with van der Waals surface area (Å²) in [7, 11) is 0. The second-order valence-corrected chi connectivity index (χ2v) is 13.5. The van der Waals surface area contributed by atoms with Gasteiger partial charge in [0.15, 0.2) is 0 Å². The Balaban J connectivity index is 1.58. The van der Waals surface area contributed by atoms with E-state index in [-0.39, 0.29) is 17.1 Å². The summed E-state index contributed by atoms with van der Waals surface area (Å²) in [5.41, 5.74) is 4.67. The zero-order valence-electron chi connectivity index (χ0n) is 24.1. The van der Waals surface area contributed by atoms with Gasteiger partial charge in [0.05, 0.1) is 16.8 Å². The molecule has 1 atom stereocenters. The molecule has 0 unspecified atom stereocenters. The van der Waals surface area contributed by atoms with Crippen LogP contribution in [0.2, 0.25) is 5.02 Å². The monoisotopic (exact) mass is 586 g/mol. The molecule has 0 aliphatic rings. The van der Waals surface area contributed by atoms with Crippen LogP contribution in [0.3, 0.4) is 0 Å². The summed E-state index contributed by atoms with van der Waals surface area (Å²) in [5, 5.41) is 23.9. The van der Waals surface area contributed by atoms with E-state index in [1.807, 2.05) is 94.1 Å². The Morgan fingerprint density at radius 2 is 1.76 bits per heavy atom. The van der Waals surface area contributed by atoms with Gasteiger partial charge in [-0.15, -0.1) is 11.8 Å². The molecule has 0 saturated carbocycles. The number of hydrogen-bond donors (Lipinski definition) is 1. The van der Waals surface area contributed by atoms with Crippen molar-refractivity contribution in [2.75, 3.05) is 0 Å². The smallest absolute Gasteiger partial charge is 0.0843 e. The minimum Gasteiger partial charge on any atom is -0.550 e. The second-order valence-electron chi connectivity index (χ2n) is 11.8. The molecular weight excluding hydrogens is 550 g/mol. The van der Waals surface area contributed by atoms with Crippen molar-refractivity contribution in [2.45, 2.75) is 63.6 Å². The molecule has 0 saturated heterocycles. The van der Waals surface area contributed by atoms with Crippen molar-refractivity contribution in [2.24, 2.45) is 5.41 Å². The molecule has 1 heterocycles. The first-order valence-corrected chi connectivity index (χ1v) is 15.3. The Hall–Kier alpha value is -3.12. The Bertz CT molecular complexity index is 1540. The van der Waals surface area contributed by atoms with Gasteiger partial charge in [-0.25, -0.2) is 4.98 Å². The van der Waals surface area contributed by atoms with Crippen molar-refractivity contribution in [3.8, 4) is 0 Å². The first-order valence-electron chi connectivity index (χ1n) is 13.9. The van der Waals surface area contributed by atoms with Gasteiger partial charge >= 0.3 is 0 Å². The molecule has 1 aromatic heterocycles. The third-order valence-corrected chi connectivity index (χ3v) is 8.85. The van der Waals surface area contributed by atoms with Crippen molar-refractivity contribution in [3.63, 3.8) is 0 Å². The summed E-state index contributed by atoms with van der Waals surface area (Å²) < 4.78 is 0. The molecule has 0 amide bonds. The van der Waals surface area contributed by atoms with E-state index in [9.17, 15) is 15.0 Å². The van der Waals surface area contributed by atoms with Crippen molar-refractivity contribution < 1.29 is 15.0 Å². The van der Waals surface area contributed by atoms with E-state index in [0.29, 0.717) is 5.02 Å². The molecule has 4 nitrogen and oxygen atoms in total. The molecule has 6 heteroatoms. The summed E-state index contributed by atoms with van der Waals surface area (Å²) >= 11 is 7.98. The number of carbonyl (C=O) groups is 1. The first-order chi connectivity index (χ1) is 19.4. The molecule has 0 spiro atoms. The van der Waals surface area contributed by atoms with E-state index in [2.05, 4.69) is 36.4 Å². The lowest BCUT2D eigenvalue weighted by molar-refractivity contribution is -0.308. The lowest BCUT2D eigenvalue weighted by atomic mass is 9.83. The number of aliphatic hydroxyl groups is 1. The Kier molecular flexibility index (Phi) is 9.96. The number of pyridine rings is 1. The highest BCUT2D eigenvalue weighted by Crippen LogP contribution is 2.41. The summed E-state index contributed by atoms with van der Waals surface area (Å²) in [6, 6.07) is 26.2. The quantitative estimate of drug-likeness (QED) is 0.181. The van der Waals surface area contributed by atoms with Crippen LogP contribution in [0.1, 0.15) is 80.2 Å². The van der Waals surface area contributed by atoms with Gasteiger partial charge in [-0.05, 0) is 85.1 Å². The number of fused-ring (bicyclic) bond motifs is 1. The van der Waals surface area contributed by atoms with Gasteiger partial charge in [0.25, 0.3) is 0 Å². The van der Waals surface area contributed by atoms with Crippen LogP contribution in [0.4, 0.5) is 0 Å². The van der Waals surface area contributed by atoms with Gasteiger partial charge in [0, 0.05) is 27.4 Å². The highest BCUT2D eigenvalue weighted by atomic mass is 35.5. The molecule has 3 aromatic carbocycles. The third kappa shape index (κ3) is 8.93. The average Bonchev–Trinajstić information content (AvgIpc) is 2.90. The fourth-order valence-corrected chi connectivity index (χ4v) is 6.45. The van der Waals surface area contributed by atoms with Crippen LogP contribution in [0.15, 0.2) is 78.9 Å². The standard InChI is InChI=1S/C35H38ClNO3S/c1-34(2,22-33(38)39)19-18-32(41-23-27-9-5-6-11-30(27)35(3,4)40)26-10-7-8-24(20-26)12-16-29-17-14-25-13-15-28(36)21-31(25)37-29/h5-17,20-21,32,40H,18-19,22-23H2,1-4H3,(H,38,39)/p-1/b16-12+/t32-/m1/s1. The average molecular weight is 587 g/mol. The maximum atomic E-state index is 11.3. The van der Waals surface area contributed by atoms with Crippen molar-refractivity contribution >= 4 is 52.4 Å². The number of hydrogen-bond acceptors (Lipinski definition) is 5. The maximum absolute atomic E-state index is 11.3. The van der Waals surface area contributed by atoms with Crippen molar-refractivity contribution in [1.29, 1.82) is 0 Å². The van der Waals surface area contributed by atoms with Crippen LogP contribution in [0, 0.1) is 5.41 Å². The molecule has 0 fully saturated rings. The van der Waals surface area contributed by atoms with Crippen LogP contribution in [0.25, 0.3) is 23.1 Å². The number of carboxylic acid groups (broad SMARTS) is 1. The van der Waals surface area contributed by atoms with Gasteiger partial charge < -0.3 is 15.0 Å². The van der Waals surface area contributed by atoms with E-state index < -0.39 is 11.6 Å². The lowest BCUT2D eigenvalue weighted by Gasteiger charge is -2.28. The highest BCUT2D eigenvalue weighted by Gasteiger charge is 2.24. The van der Waals surface area contributed by atoms with Gasteiger partial charge in [-0.3, -0.25) is 0 Å². The Labute approximate surface area is 252 Å². The van der Waals surface area contributed by atoms with Crippen LogP contribution in [-0.4, -0.2) is 16.1 Å². The van der Waals surface area contributed by atoms with Crippen LogP contribution < -0.4 is 5.11 Å².